The first kappa shape index (κ1) is 17.2. The Morgan fingerprint density at radius 3 is 2.84 bits per heavy atom. The van der Waals surface area contributed by atoms with Crippen molar-refractivity contribution >= 4 is 11.9 Å². The van der Waals surface area contributed by atoms with Gasteiger partial charge in [0.1, 0.15) is 0 Å². The van der Waals surface area contributed by atoms with E-state index in [1.54, 1.807) is 24.0 Å². The molecular formula is C17H21N3O5. The molecule has 3 heterocycles. The molecule has 0 atom stereocenters. The fourth-order valence-corrected chi connectivity index (χ4v) is 2.86. The molecule has 2 aromatic heterocycles. The maximum absolute atomic E-state index is 12.3. The van der Waals surface area contributed by atoms with Crippen LogP contribution < -0.4 is 0 Å². The van der Waals surface area contributed by atoms with Crippen LogP contribution in [-0.2, 0) is 20.7 Å². The topological polar surface area (TPSA) is 98.7 Å². The number of rotatable bonds is 6. The lowest BCUT2D eigenvalue weighted by Crippen LogP contribution is -2.40. The van der Waals surface area contributed by atoms with Crippen LogP contribution in [0.15, 0.2) is 27.3 Å². The maximum Gasteiger partial charge on any atom is 0.309 e. The Balaban J connectivity index is 1.45. The summed E-state index contributed by atoms with van der Waals surface area (Å²) < 4.78 is 15.4. The molecule has 0 spiro atoms. The van der Waals surface area contributed by atoms with Crippen molar-refractivity contribution in [3.05, 3.63) is 24.3 Å². The van der Waals surface area contributed by atoms with E-state index in [1.807, 2.05) is 0 Å². The van der Waals surface area contributed by atoms with Crippen molar-refractivity contribution in [2.24, 2.45) is 5.92 Å². The molecule has 0 N–H and O–H groups in total. The van der Waals surface area contributed by atoms with Crippen molar-refractivity contribution < 1.29 is 23.3 Å². The van der Waals surface area contributed by atoms with Crippen molar-refractivity contribution in [1.29, 1.82) is 0 Å². The fraction of sp³-hybridized carbons (Fsp3) is 0.529. The molecule has 8 heteroatoms. The molecule has 0 radical (unpaired) electrons. The van der Waals surface area contributed by atoms with E-state index in [-0.39, 0.29) is 17.8 Å². The molecule has 1 amide bonds. The molecule has 1 fully saturated rings. The van der Waals surface area contributed by atoms with Crippen LogP contribution in [-0.4, -0.2) is 46.6 Å². The first-order valence-corrected chi connectivity index (χ1v) is 8.48. The predicted octanol–water partition coefficient (Wildman–Crippen LogP) is 2.06. The van der Waals surface area contributed by atoms with E-state index in [0.29, 0.717) is 62.9 Å². The molecule has 134 valence electrons. The minimum absolute atomic E-state index is 0.0278. The quantitative estimate of drug-likeness (QED) is 0.738. The number of hydrogen-bond acceptors (Lipinski definition) is 7. The minimum Gasteiger partial charge on any atom is -0.466 e. The lowest BCUT2D eigenvalue weighted by molar-refractivity contribution is -0.151. The summed E-state index contributed by atoms with van der Waals surface area (Å²) in [5.74, 6) is 1.08. The molecule has 1 aliphatic rings. The van der Waals surface area contributed by atoms with Gasteiger partial charge in [-0.1, -0.05) is 5.16 Å². The Kier molecular flexibility index (Phi) is 5.47. The van der Waals surface area contributed by atoms with E-state index < -0.39 is 0 Å². The SMILES string of the molecule is CCOC(=O)C1CCN(C(=O)CCc2nc(-c3ccco3)no2)CC1. The molecule has 1 aliphatic heterocycles. The Labute approximate surface area is 145 Å². The van der Waals surface area contributed by atoms with Crippen LogP contribution in [0.5, 0.6) is 0 Å². The lowest BCUT2D eigenvalue weighted by atomic mass is 9.97. The van der Waals surface area contributed by atoms with Crippen LogP contribution in [0.4, 0.5) is 0 Å². The van der Waals surface area contributed by atoms with Gasteiger partial charge in [0.2, 0.25) is 17.6 Å². The highest BCUT2D eigenvalue weighted by Gasteiger charge is 2.28. The molecule has 8 nitrogen and oxygen atoms in total. The van der Waals surface area contributed by atoms with Gasteiger partial charge in [-0.2, -0.15) is 4.98 Å². The molecule has 3 rings (SSSR count). The molecular weight excluding hydrogens is 326 g/mol. The van der Waals surface area contributed by atoms with Gasteiger partial charge in [-0.15, -0.1) is 0 Å². The first-order chi connectivity index (χ1) is 12.2. The normalized spacial score (nSPS) is 15.3. The highest BCUT2D eigenvalue weighted by atomic mass is 16.5. The third kappa shape index (κ3) is 4.26. The van der Waals surface area contributed by atoms with E-state index in [2.05, 4.69) is 10.1 Å². The van der Waals surface area contributed by atoms with Gasteiger partial charge in [0, 0.05) is 25.9 Å². The third-order valence-electron chi connectivity index (χ3n) is 4.23. The molecule has 0 unspecified atom stereocenters. The summed E-state index contributed by atoms with van der Waals surface area (Å²) in [4.78, 5) is 30.0. The highest BCUT2D eigenvalue weighted by molar-refractivity contribution is 5.77. The molecule has 25 heavy (non-hydrogen) atoms. The highest BCUT2D eigenvalue weighted by Crippen LogP contribution is 2.20. The van der Waals surface area contributed by atoms with Crippen LogP contribution in [0.25, 0.3) is 11.6 Å². The van der Waals surface area contributed by atoms with Gasteiger partial charge in [-0.05, 0) is 31.9 Å². The molecule has 0 saturated carbocycles. The van der Waals surface area contributed by atoms with Crippen LogP contribution >= 0.6 is 0 Å². The van der Waals surface area contributed by atoms with Gasteiger partial charge in [0.05, 0.1) is 18.8 Å². The number of furan rings is 1. The maximum atomic E-state index is 12.3. The number of ether oxygens (including phenoxy) is 1. The summed E-state index contributed by atoms with van der Waals surface area (Å²) in [7, 11) is 0. The van der Waals surface area contributed by atoms with Gasteiger partial charge >= 0.3 is 5.97 Å². The number of nitrogens with zero attached hydrogens (tertiary/aromatic N) is 3. The fourth-order valence-electron chi connectivity index (χ4n) is 2.86. The Hall–Kier alpha value is -2.64. The summed E-state index contributed by atoms with van der Waals surface area (Å²) in [5, 5.41) is 3.84. The van der Waals surface area contributed by atoms with Crippen LogP contribution in [0.1, 0.15) is 32.1 Å². The number of esters is 1. The van der Waals surface area contributed by atoms with Gasteiger partial charge in [0.15, 0.2) is 5.76 Å². The summed E-state index contributed by atoms with van der Waals surface area (Å²) in [6, 6.07) is 3.49. The second-order valence-corrected chi connectivity index (χ2v) is 5.90. The van der Waals surface area contributed by atoms with Crippen molar-refractivity contribution in [3.8, 4) is 11.6 Å². The third-order valence-corrected chi connectivity index (χ3v) is 4.23. The summed E-state index contributed by atoms with van der Waals surface area (Å²) in [6.07, 6.45) is 3.50. The second kappa shape index (κ2) is 7.96. The second-order valence-electron chi connectivity index (χ2n) is 5.90. The molecule has 0 aromatic carbocycles. The number of carbonyl (C=O) groups excluding carboxylic acids is 2. The van der Waals surface area contributed by atoms with Crippen LogP contribution in [0.3, 0.4) is 0 Å². The Bertz CT molecular complexity index is 702. The average molecular weight is 347 g/mol. The first-order valence-electron chi connectivity index (χ1n) is 8.48. The van der Waals surface area contributed by atoms with Gasteiger partial charge in [0.25, 0.3) is 0 Å². The zero-order valence-corrected chi connectivity index (χ0v) is 14.1. The van der Waals surface area contributed by atoms with Gasteiger partial charge in [-0.3, -0.25) is 9.59 Å². The largest absolute Gasteiger partial charge is 0.466 e. The molecule has 2 aromatic rings. The van der Waals surface area contributed by atoms with Crippen molar-refractivity contribution in [2.75, 3.05) is 19.7 Å². The number of hydrogen-bond donors (Lipinski definition) is 0. The smallest absolute Gasteiger partial charge is 0.309 e. The molecule has 1 saturated heterocycles. The number of aromatic nitrogens is 2. The minimum atomic E-state index is -0.161. The van der Waals surface area contributed by atoms with E-state index in [0.717, 1.165) is 0 Å². The number of carbonyl (C=O) groups is 2. The lowest BCUT2D eigenvalue weighted by Gasteiger charge is -2.30. The number of aryl methyl sites for hydroxylation is 1. The predicted molar refractivity (Wildman–Crippen MR) is 86.3 cm³/mol. The van der Waals surface area contributed by atoms with Crippen molar-refractivity contribution in [3.63, 3.8) is 0 Å². The molecule has 0 bridgehead atoms. The Morgan fingerprint density at radius 1 is 1.36 bits per heavy atom. The van der Waals surface area contributed by atoms with E-state index in [1.165, 1.54) is 6.26 Å². The summed E-state index contributed by atoms with van der Waals surface area (Å²) in [5.41, 5.74) is 0. The van der Waals surface area contributed by atoms with Gasteiger partial charge < -0.3 is 18.6 Å². The van der Waals surface area contributed by atoms with Crippen LogP contribution in [0.2, 0.25) is 0 Å². The van der Waals surface area contributed by atoms with E-state index in [9.17, 15) is 9.59 Å². The summed E-state index contributed by atoms with van der Waals surface area (Å²) in [6.45, 7) is 3.33. The van der Waals surface area contributed by atoms with E-state index >= 15 is 0 Å². The number of amides is 1. The number of likely N-dealkylation sites (tertiary alicyclic amines) is 1. The monoisotopic (exact) mass is 347 g/mol. The zero-order valence-electron chi connectivity index (χ0n) is 14.1. The van der Waals surface area contributed by atoms with Crippen molar-refractivity contribution in [1.82, 2.24) is 15.0 Å². The van der Waals surface area contributed by atoms with E-state index in [4.69, 9.17) is 13.7 Å². The zero-order chi connectivity index (χ0) is 17.6. The average Bonchev–Trinajstić information content (AvgIpc) is 3.31. The Morgan fingerprint density at radius 2 is 2.16 bits per heavy atom. The number of piperidine rings is 1. The standard InChI is InChI=1S/C17H21N3O5/c1-2-23-17(22)12-7-9-20(10-8-12)15(21)6-5-14-18-16(19-25-14)13-4-3-11-24-13/h3-4,11-12H,2,5-10H2,1H3. The summed E-state index contributed by atoms with van der Waals surface area (Å²) >= 11 is 0. The molecule has 0 aliphatic carbocycles. The van der Waals surface area contributed by atoms with Gasteiger partial charge in [-0.25, -0.2) is 0 Å². The van der Waals surface area contributed by atoms with Crippen molar-refractivity contribution in [2.45, 2.75) is 32.6 Å². The van der Waals surface area contributed by atoms with Crippen LogP contribution in [0, 0.1) is 5.92 Å².